The van der Waals surface area contributed by atoms with Gasteiger partial charge in [-0.1, -0.05) is 6.42 Å². The first kappa shape index (κ1) is 12.3. The normalized spacial score (nSPS) is 27.6. The van der Waals surface area contributed by atoms with Crippen molar-refractivity contribution in [3.8, 4) is 0 Å². The highest BCUT2D eigenvalue weighted by Crippen LogP contribution is 2.32. The minimum absolute atomic E-state index is 0.379. The molecule has 1 unspecified atom stereocenters. The number of primary sulfonamides is 1. The van der Waals surface area contributed by atoms with Gasteiger partial charge in [-0.3, -0.25) is 4.90 Å². The van der Waals surface area contributed by atoms with Crippen LogP contribution in [0.2, 0.25) is 0 Å². The Morgan fingerprint density at radius 1 is 1.19 bits per heavy atom. The molecule has 0 aromatic carbocycles. The van der Waals surface area contributed by atoms with Gasteiger partial charge in [-0.05, 0) is 31.6 Å². The summed E-state index contributed by atoms with van der Waals surface area (Å²) in [4.78, 5) is 1.99. The van der Waals surface area contributed by atoms with Crippen LogP contribution < -0.4 is 5.14 Å². The molecule has 0 aromatic rings. The Bertz CT molecular complexity index is 332. The van der Waals surface area contributed by atoms with Gasteiger partial charge in [0.1, 0.15) is 6.23 Å². The quantitative estimate of drug-likeness (QED) is 0.728. The van der Waals surface area contributed by atoms with E-state index in [0.717, 1.165) is 12.8 Å². The number of piperidine rings is 1. The SMILES string of the molecule is NS(=O)(=O)C1CCN(C(O)C2CCC2)CC1. The number of hydrogen-bond acceptors (Lipinski definition) is 4. The average Bonchev–Trinajstić information content (AvgIpc) is 2.14. The third-order valence-corrected chi connectivity index (χ3v) is 5.29. The lowest BCUT2D eigenvalue weighted by atomic mass is 9.83. The number of sulfonamides is 1. The fourth-order valence-corrected chi connectivity index (χ4v) is 3.37. The molecule has 1 saturated carbocycles. The lowest BCUT2D eigenvalue weighted by molar-refractivity contribution is -0.0710. The molecule has 16 heavy (non-hydrogen) atoms. The predicted molar refractivity (Wildman–Crippen MR) is 61.1 cm³/mol. The molecule has 2 rings (SSSR count). The Kier molecular flexibility index (Phi) is 3.53. The summed E-state index contributed by atoms with van der Waals surface area (Å²) in [5.41, 5.74) is 0. The number of nitrogens with two attached hydrogens (primary N) is 1. The van der Waals surface area contributed by atoms with Gasteiger partial charge in [0.05, 0.1) is 5.25 Å². The van der Waals surface area contributed by atoms with Crippen molar-refractivity contribution in [1.29, 1.82) is 0 Å². The topological polar surface area (TPSA) is 83.6 Å². The third kappa shape index (κ3) is 2.56. The fourth-order valence-electron chi connectivity index (χ4n) is 2.50. The van der Waals surface area contributed by atoms with E-state index in [-0.39, 0.29) is 6.23 Å². The van der Waals surface area contributed by atoms with Gasteiger partial charge in [0, 0.05) is 13.1 Å². The molecule has 1 saturated heterocycles. The van der Waals surface area contributed by atoms with Gasteiger partial charge in [0.2, 0.25) is 10.0 Å². The number of aliphatic hydroxyl groups excluding tert-OH is 1. The molecular weight excluding hydrogens is 228 g/mol. The highest BCUT2D eigenvalue weighted by atomic mass is 32.2. The Morgan fingerprint density at radius 3 is 2.12 bits per heavy atom. The minimum atomic E-state index is -3.40. The van der Waals surface area contributed by atoms with Crippen LogP contribution in [0.25, 0.3) is 0 Å². The smallest absolute Gasteiger partial charge is 0.212 e. The number of nitrogens with zero attached hydrogens (tertiary/aromatic N) is 1. The van der Waals surface area contributed by atoms with Crippen LogP contribution in [0.1, 0.15) is 32.1 Å². The van der Waals surface area contributed by atoms with E-state index in [1.165, 1.54) is 6.42 Å². The summed E-state index contributed by atoms with van der Waals surface area (Å²) in [6.07, 6.45) is 4.10. The van der Waals surface area contributed by atoms with Crippen LogP contribution in [-0.2, 0) is 10.0 Å². The second kappa shape index (κ2) is 4.60. The van der Waals surface area contributed by atoms with Crippen LogP contribution in [0, 0.1) is 5.92 Å². The summed E-state index contributed by atoms with van der Waals surface area (Å²) in [5.74, 6) is 0.394. The van der Waals surface area contributed by atoms with E-state index >= 15 is 0 Å². The number of rotatable bonds is 3. The second-order valence-corrected chi connectivity index (χ2v) is 6.77. The summed E-state index contributed by atoms with van der Waals surface area (Å²) in [7, 11) is -3.40. The maximum absolute atomic E-state index is 11.2. The van der Waals surface area contributed by atoms with Crippen molar-refractivity contribution in [2.45, 2.75) is 43.6 Å². The molecule has 2 fully saturated rings. The average molecular weight is 248 g/mol. The zero-order valence-electron chi connectivity index (χ0n) is 9.38. The van der Waals surface area contributed by atoms with E-state index in [4.69, 9.17) is 5.14 Å². The van der Waals surface area contributed by atoms with Crippen molar-refractivity contribution < 1.29 is 13.5 Å². The molecular formula is C10H20N2O3S. The van der Waals surface area contributed by atoms with Crippen LogP contribution in [0.5, 0.6) is 0 Å². The fraction of sp³-hybridized carbons (Fsp3) is 1.00. The zero-order valence-corrected chi connectivity index (χ0v) is 10.2. The number of likely N-dealkylation sites (tertiary alicyclic amines) is 1. The first-order valence-electron chi connectivity index (χ1n) is 5.92. The van der Waals surface area contributed by atoms with Gasteiger partial charge >= 0.3 is 0 Å². The van der Waals surface area contributed by atoms with Crippen LogP contribution in [0.3, 0.4) is 0 Å². The second-order valence-electron chi connectivity index (χ2n) is 4.93. The molecule has 3 N–H and O–H groups in total. The summed E-state index contributed by atoms with van der Waals surface area (Å²) in [6.45, 7) is 1.28. The van der Waals surface area contributed by atoms with Gasteiger partial charge in [-0.25, -0.2) is 13.6 Å². The van der Waals surface area contributed by atoms with Crippen molar-refractivity contribution in [1.82, 2.24) is 4.90 Å². The van der Waals surface area contributed by atoms with E-state index in [1.54, 1.807) is 0 Å². The van der Waals surface area contributed by atoms with Crippen LogP contribution in [-0.4, -0.2) is 43.0 Å². The molecule has 1 aliphatic heterocycles. The number of hydrogen-bond donors (Lipinski definition) is 2. The van der Waals surface area contributed by atoms with Crippen LogP contribution in [0.4, 0.5) is 0 Å². The van der Waals surface area contributed by atoms with Crippen LogP contribution >= 0.6 is 0 Å². The molecule has 1 atom stereocenters. The van der Waals surface area contributed by atoms with Crippen molar-refractivity contribution >= 4 is 10.0 Å². The molecule has 94 valence electrons. The van der Waals surface area contributed by atoms with E-state index in [9.17, 15) is 13.5 Å². The van der Waals surface area contributed by atoms with Gasteiger partial charge < -0.3 is 5.11 Å². The monoisotopic (exact) mass is 248 g/mol. The van der Waals surface area contributed by atoms with E-state index in [2.05, 4.69) is 0 Å². The maximum atomic E-state index is 11.2. The molecule has 0 spiro atoms. The standard InChI is InChI=1S/C10H20N2O3S/c11-16(14,15)9-4-6-12(7-5-9)10(13)8-2-1-3-8/h8-10,13H,1-7H2,(H2,11,14,15). The molecule has 0 amide bonds. The molecule has 6 heteroatoms. The van der Waals surface area contributed by atoms with Crippen molar-refractivity contribution in [2.75, 3.05) is 13.1 Å². The lowest BCUT2D eigenvalue weighted by Crippen LogP contribution is -2.49. The Hall–Kier alpha value is -0.170. The van der Waals surface area contributed by atoms with Crippen molar-refractivity contribution in [3.63, 3.8) is 0 Å². The lowest BCUT2D eigenvalue weighted by Gasteiger charge is -2.40. The zero-order chi connectivity index (χ0) is 11.8. The Morgan fingerprint density at radius 2 is 1.75 bits per heavy atom. The molecule has 0 aromatic heterocycles. The highest BCUT2D eigenvalue weighted by Gasteiger charge is 2.34. The van der Waals surface area contributed by atoms with Gasteiger partial charge in [-0.15, -0.1) is 0 Å². The first-order chi connectivity index (χ1) is 7.48. The third-order valence-electron chi connectivity index (χ3n) is 3.89. The van der Waals surface area contributed by atoms with Gasteiger partial charge in [-0.2, -0.15) is 0 Å². The summed E-state index contributed by atoms with van der Waals surface area (Å²) in [6, 6.07) is 0. The van der Waals surface area contributed by atoms with E-state index in [1.807, 2.05) is 4.90 Å². The van der Waals surface area contributed by atoms with Crippen molar-refractivity contribution in [3.05, 3.63) is 0 Å². The molecule has 0 bridgehead atoms. The molecule has 2 aliphatic rings. The first-order valence-corrected chi connectivity index (χ1v) is 7.53. The molecule has 0 radical (unpaired) electrons. The summed E-state index contributed by atoms with van der Waals surface area (Å²) in [5, 5.41) is 14.7. The molecule has 5 nitrogen and oxygen atoms in total. The molecule has 1 aliphatic carbocycles. The highest BCUT2D eigenvalue weighted by molar-refractivity contribution is 7.89. The van der Waals surface area contributed by atoms with Gasteiger partial charge in [0.25, 0.3) is 0 Å². The largest absolute Gasteiger partial charge is 0.378 e. The summed E-state index contributed by atoms with van der Waals surface area (Å²) < 4.78 is 22.3. The maximum Gasteiger partial charge on any atom is 0.212 e. The predicted octanol–water partition coefficient (Wildman–Crippen LogP) is -0.142. The van der Waals surface area contributed by atoms with E-state index in [0.29, 0.717) is 31.8 Å². The number of aliphatic hydroxyl groups is 1. The minimum Gasteiger partial charge on any atom is -0.378 e. The molecule has 1 heterocycles. The van der Waals surface area contributed by atoms with Gasteiger partial charge in [0.15, 0.2) is 0 Å². The van der Waals surface area contributed by atoms with Crippen molar-refractivity contribution in [2.24, 2.45) is 11.1 Å². The van der Waals surface area contributed by atoms with Crippen LogP contribution in [0.15, 0.2) is 0 Å². The van der Waals surface area contributed by atoms with E-state index < -0.39 is 15.3 Å². The Balaban J connectivity index is 1.85. The Labute approximate surface area is 96.7 Å². The summed E-state index contributed by atoms with van der Waals surface area (Å²) >= 11 is 0.